The number of nitrogens with two attached hydrogens (primary N) is 1. The summed E-state index contributed by atoms with van der Waals surface area (Å²) in [6.07, 6.45) is 11.8. The molecule has 1 heterocycles. The van der Waals surface area contributed by atoms with Crippen molar-refractivity contribution >= 4 is 23.6 Å². The SMILES string of the molecule is CCCNNCc1ccc(N(CCCCCCC(N)=O)C(=O)/C=C/c2cccnc2)cc1. The molecule has 1 aromatic heterocycles. The zero-order valence-corrected chi connectivity index (χ0v) is 18.9. The number of aromatic nitrogens is 1. The Labute approximate surface area is 191 Å². The first-order chi connectivity index (χ1) is 15.6. The van der Waals surface area contributed by atoms with E-state index in [1.54, 1.807) is 29.4 Å². The van der Waals surface area contributed by atoms with Gasteiger partial charge in [0.2, 0.25) is 5.91 Å². The summed E-state index contributed by atoms with van der Waals surface area (Å²) < 4.78 is 0. The molecule has 172 valence electrons. The molecular formula is C25H35N5O2. The zero-order valence-electron chi connectivity index (χ0n) is 18.9. The molecule has 2 amide bonds. The molecule has 0 aliphatic rings. The van der Waals surface area contributed by atoms with E-state index < -0.39 is 0 Å². The van der Waals surface area contributed by atoms with E-state index in [1.165, 1.54) is 0 Å². The molecule has 0 aliphatic carbocycles. The van der Waals surface area contributed by atoms with E-state index in [4.69, 9.17) is 5.73 Å². The maximum atomic E-state index is 13.0. The highest BCUT2D eigenvalue weighted by Gasteiger charge is 2.13. The number of carbonyl (C=O) groups excluding carboxylic acids is 2. The van der Waals surface area contributed by atoms with E-state index >= 15 is 0 Å². The summed E-state index contributed by atoms with van der Waals surface area (Å²) in [5.41, 5.74) is 14.4. The van der Waals surface area contributed by atoms with Gasteiger partial charge in [0.15, 0.2) is 0 Å². The van der Waals surface area contributed by atoms with E-state index in [0.717, 1.165) is 62.0 Å². The molecule has 0 bridgehead atoms. The molecule has 32 heavy (non-hydrogen) atoms. The summed E-state index contributed by atoms with van der Waals surface area (Å²) in [6, 6.07) is 11.8. The molecule has 7 heteroatoms. The highest BCUT2D eigenvalue weighted by Crippen LogP contribution is 2.18. The van der Waals surface area contributed by atoms with Crippen molar-refractivity contribution in [2.45, 2.75) is 52.0 Å². The van der Waals surface area contributed by atoms with Crippen molar-refractivity contribution < 1.29 is 9.59 Å². The molecule has 7 nitrogen and oxygen atoms in total. The average Bonchev–Trinajstić information content (AvgIpc) is 2.81. The Balaban J connectivity index is 1.99. The van der Waals surface area contributed by atoms with E-state index in [1.807, 2.05) is 36.4 Å². The number of hydrogen-bond donors (Lipinski definition) is 3. The predicted molar refractivity (Wildman–Crippen MR) is 129 cm³/mol. The number of amides is 2. The van der Waals surface area contributed by atoms with Crippen molar-refractivity contribution in [2.75, 3.05) is 18.0 Å². The van der Waals surface area contributed by atoms with Gasteiger partial charge in [-0.2, -0.15) is 0 Å². The number of rotatable bonds is 15. The lowest BCUT2D eigenvalue weighted by atomic mass is 10.1. The van der Waals surface area contributed by atoms with Gasteiger partial charge in [-0.3, -0.25) is 25.4 Å². The summed E-state index contributed by atoms with van der Waals surface area (Å²) in [5, 5.41) is 0. The molecule has 0 atom stereocenters. The van der Waals surface area contributed by atoms with Crippen LogP contribution in [0.25, 0.3) is 6.08 Å². The molecule has 1 aromatic carbocycles. The van der Waals surface area contributed by atoms with Gasteiger partial charge in [-0.15, -0.1) is 0 Å². The number of nitrogens with one attached hydrogen (secondary N) is 2. The molecule has 4 N–H and O–H groups in total. The fourth-order valence-electron chi connectivity index (χ4n) is 3.19. The Morgan fingerprint density at radius 3 is 2.53 bits per heavy atom. The van der Waals surface area contributed by atoms with Crippen LogP contribution >= 0.6 is 0 Å². The van der Waals surface area contributed by atoms with Crippen LogP contribution in [0.3, 0.4) is 0 Å². The van der Waals surface area contributed by atoms with Crippen LogP contribution in [0.1, 0.15) is 56.6 Å². The van der Waals surface area contributed by atoms with Crippen molar-refractivity contribution in [3.8, 4) is 0 Å². The van der Waals surface area contributed by atoms with Crippen molar-refractivity contribution in [3.63, 3.8) is 0 Å². The number of nitrogens with zero attached hydrogens (tertiary/aromatic N) is 2. The van der Waals surface area contributed by atoms with Crippen molar-refractivity contribution in [1.29, 1.82) is 0 Å². The van der Waals surface area contributed by atoms with E-state index in [9.17, 15) is 9.59 Å². The predicted octanol–water partition coefficient (Wildman–Crippen LogP) is 3.57. The summed E-state index contributed by atoms with van der Waals surface area (Å²) >= 11 is 0. The Morgan fingerprint density at radius 2 is 1.84 bits per heavy atom. The molecule has 2 aromatic rings. The van der Waals surface area contributed by atoms with Crippen LogP contribution in [0.4, 0.5) is 5.69 Å². The molecule has 0 saturated heterocycles. The normalized spacial score (nSPS) is 11.0. The summed E-state index contributed by atoms with van der Waals surface area (Å²) in [4.78, 5) is 29.7. The van der Waals surface area contributed by atoms with Gasteiger partial charge in [-0.1, -0.05) is 38.0 Å². The minimum Gasteiger partial charge on any atom is -0.370 e. The van der Waals surface area contributed by atoms with E-state index in [-0.39, 0.29) is 11.8 Å². The molecule has 0 radical (unpaired) electrons. The van der Waals surface area contributed by atoms with Crippen LogP contribution < -0.4 is 21.5 Å². The molecule has 0 aliphatic heterocycles. The Bertz CT molecular complexity index is 837. The van der Waals surface area contributed by atoms with Crippen LogP contribution in [0.2, 0.25) is 0 Å². The monoisotopic (exact) mass is 437 g/mol. The van der Waals surface area contributed by atoms with Gasteiger partial charge in [-0.25, -0.2) is 0 Å². The van der Waals surface area contributed by atoms with Gasteiger partial charge in [0, 0.05) is 50.2 Å². The van der Waals surface area contributed by atoms with E-state index in [0.29, 0.717) is 13.0 Å². The highest BCUT2D eigenvalue weighted by atomic mass is 16.2. The smallest absolute Gasteiger partial charge is 0.250 e. The highest BCUT2D eigenvalue weighted by molar-refractivity contribution is 6.03. The first-order valence-corrected chi connectivity index (χ1v) is 11.3. The lowest BCUT2D eigenvalue weighted by Crippen LogP contribution is -2.32. The van der Waals surface area contributed by atoms with E-state index in [2.05, 4.69) is 22.8 Å². The van der Waals surface area contributed by atoms with Gasteiger partial charge in [0.1, 0.15) is 0 Å². The molecule has 0 saturated carbocycles. The topological polar surface area (TPSA) is 100 Å². The standard InChI is InChI=1S/C25H35N5O2/c1-2-16-28-29-20-22-10-13-23(14-11-22)30(18-6-4-3-5-9-24(26)31)25(32)15-12-21-8-7-17-27-19-21/h7-8,10-15,17,19,28-29H,2-6,9,16,18,20H2,1H3,(H2,26,31)/b15-12+. The lowest BCUT2D eigenvalue weighted by Gasteiger charge is -2.22. The molecule has 2 rings (SSSR count). The quantitative estimate of drug-likeness (QED) is 0.225. The first-order valence-electron chi connectivity index (χ1n) is 11.3. The van der Waals surface area contributed by atoms with Gasteiger partial charge < -0.3 is 10.6 Å². The number of carbonyl (C=O) groups is 2. The summed E-state index contributed by atoms with van der Waals surface area (Å²) in [6.45, 7) is 4.37. The molecule has 0 spiro atoms. The fourth-order valence-corrected chi connectivity index (χ4v) is 3.19. The Morgan fingerprint density at radius 1 is 1.06 bits per heavy atom. The number of unbranched alkanes of at least 4 members (excludes halogenated alkanes) is 3. The first kappa shape index (κ1) is 25.2. The number of hydrogen-bond acceptors (Lipinski definition) is 5. The largest absolute Gasteiger partial charge is 0.370 e. The number of anilines is 1. The summed E-state index contributed by atoms with van der Waals surface area (Å²) in [5.74, 6) is -0.330. The molecule has 0 unspecified atom stereocenters. The van der Waals surface area contributed by atoms with Crippen LogP contribution in [0.15, 0.2) is 54.9 Å². The maximum absolute atomic E-state index is 13.0. The van der Waals surface area contributed by atoms with Crippen LogP contribution in [-0.4, -0.2) is 29.9 Å². The number of benzene rings is 1. The maximum Gasteiger partial charge on any atom is 0.250 e. The number of hydrazine groups is 1. The number of pyridine rings is 1. The Kier molecular flexibility index (Phi) is 11.7. The minimum absolute atomic E-state index is 0.0681. The van der Waals surface area contributed by atoms with Crippen molar-refractivity contribution in [3.05, 3.63) is 66.0 Å². The second-order valence-corrected chi connectivity index (χ2v) is 7.69. The third-order valence-electron chi connectivity index (χ3n) is 4.96. The van der Waals surface area contributed by atoms with Crippen molar-refractivity contribution in [1.82, 2.24) is 15.8 Å². The number of primary amides is 1. The van der Waals surface area contributed by atoms with Crippen LogP contribution in [-0.2, 0) is 16.1 Å². The second-order valence-electron chi connectivity index (χ2n) is 7.69. The Hall–Kier alpha value is -3.03. The van der Waals surface area contributed by atoms with Gasteiger partial charge in [0.05, 0.1) is 0 Å². The second kappa shape index (κ2) is 14.9. The minimum atomic E-state index is -0.262. The zero-order chi connectivity index (χ0) is 23.0. The average molecular weight is 438 g/mol. The lowest BCUT2D eigenvalue weighted by molar-refractivity contribution is -0.118. The van der Waals surface area contributed by atoms with Gasteiger partial charge >= 0.3 is 0 Å². The third kappa shape index (κ3) is 9.85. The fraction of sp³-hybridized carbons (Fsp3) is 0.400. The molecule has 0 fully saturated rings. The van der Waals surface area contributed by atoms with Crippen molar-refractivity contribution in [2.24, 2.45) is 5.73 Å². The van der Waals surface area contributed by atoms with Crippen LogP contribution in [0, 0.1) is 0 Å². The summed E-state index contributed by atoms with van der Waals surface area (Å²) in [7, 11) is 0. The van der Waals surface area contributed by atoms with Gasteiger partial charge in [-0.05, 0) is 54.7 Å². The third-order valence-corrected chi connectivity index (χ3v) is 4.96. The molecular weight excluding hydrogens is 402 g/mol. The van der Waals surface area contributed by atoms with Crippen LogP contribution in [0.5, 0.6) is 0 Å². The van der Waals surface area contributed by atoms with Gasteiger partial charge in [0.25, 0.3) is 5.91 Å².